The minimum atomic E-state index is -0.176. The first-order valence-corrected chi connectivity index (χ1v) is 4.91. The van der Waals surface area contributed by atoms with Crippen molar-refractivity contribution in [3.05, 3.63) is 35.4 Å². The van der Waals surface area contributed by atoms with Crippen LogP contribution >= 0.6 is 0 Å². The second-order valence-corrected chi connectivity index (χ2v) is 3.06. The molecule has 0 unspecified atom stereocenters. The highest BCUT2D eigenvalue weighted by Crippen LogP contribution is 2.05. The first-order chi connectivity index (χ1) is 6.76. The molecule has 0 aliphatic carbocycles. The fourth-order valence-corrected chi connectivity index (χ4v) is 1.20. The van der Waals surface area contributed by atoms with Gasteiger partial charge < -0.3 is 4.74 Å². The van der Waals surface area contributed by atoms with Gasteiger partial charge in [0, 0.05) is 0 Å². The first-order valence-electron chi connectivity index (χ1n) is 4.91. The van der Waals surface area contributed by atoms with Crippen molar-refractivity contribution in [3.63, 3.8) is 0 Å². The van der Waals surface area contributed by atoms with Gasteiger partial charge in [-0.25, -0.2) is 0 Å². The average molecular weight is 191 g/mol. The number of hydrogen-bond acceptors (Lipinski definition) is 2. The molecule has 0 saturated heterocycles. The number of rotatable bonds is 4. The molecule has 0 aromatic heterocycles. The van der Waals surface area contributed by atoms with Crippen molar-refractivity contribution in [2.45, 2.75) is 26.7 Å². The van der Waals surface area contributed by atoms with Gasteiger partial charge in [-0.05, 0) is 30.5 Å². The quantitative estimate of drug-likeness (QED) is 0.682. The van der Waals surface area contributed by atoms with E-state index in [1.165, 1.54) is 0 Å². The molecular weight excluding hydrogens is 176 g/mol. The van der Waals surface area contributed by atoms with E-state index in [0.717, 1.165) is 17.5 Å². The molecule has 75 valence electrons. The minimum Gasteiger partial charge on any atom is -0.466 e. The zero-order valence-electron chi connectivity index (χ0n) is 8.67. The summed E-state index contributed by atoms with van der Waals surface area (Å²) in [5, 5.41) is 0. The molecule has 0 heterocycles. The van der Waals surface area contributed by atoms with E-state index >= 15 is 0 Å². The van der Waals surface area contributed by atoms with E-state index in [9.17, 15) is 4.79 Å². The van der Waals surface area contributed by atoms with Crippen molar-refractivity contribution in [3.8, 4) is 0 Å². The number of ether oxygens (including phenoxy) is 1. The maximum atomic E-state index is 11.1. The van der Waals surface area contributed by atoms with Crippen molar-refractivity contribution < 1.29 is 9.53 Å². The fourth-order valence-electron chi connectivity index (χ4n) is 1.20. The minimum absolute atomic E-state index is 0.176. The second-order valence-electron chi connectivity index (χ2n) is 3.06. The van der Waals surface area contributed by atoms with E-state index in [2.05, 4.69) is 13.0 Å². The molecule has 0 spiro atoms. The third-order valence-corrected chi connectivity index (χ3v) is 1.98. The molecule has 0 aliphatic heterocycles. The van der Waals surface area contributed by atoms with Gasteiger partial charge >= 0.3 is 5.97 Å². The number of hydrogen-bond donors (Lipinski definition) is 0. The molecule has 0 amide bonds. The maximum absolute atomic E-state index is 11.1. The monoisotopic (exact) mass is 191 g/mol. The molecule has 0 fully saturated rings. The lowest BCUT2D eigenvalue weighted by Gasteiger charge is -2.02. The molecule has 2 heteroatoms. The van der Waals surface area contributed by atoms with E-state index in [4.69, 9.17) is 4.74 Å². The normalized spacial score (nSPS) is 9.86. The SMILES string of the molecule is CCOC(=O)Cc1c[c]c(CC)cc1. The van der Waals surface area contributed by atoms with Crippen molar-refractivity contribution >= 4 is 5.97 Å². The van der Waals surface area contributed by atoms with E-state index in [0.29, 0.717) is 13.0 Å². The Morgan fingerprint density at radius 1 is 1.43 bits per heavy atom. The lowest BCUT2D eigenvalue weighted by Crippen LogP contribution is -2.07. The number of aryl methyl sites for hydroxylation is 1. The van der Waals surface area contributed by atoms with Gasteiger partial charge in [-0.2, -0.15) is 0 Å². The van der Waals surface area contributed by atoms with Gasteiger partial charge in [0.15, 0.2) is 0 Å². The van der Waals surface area contributed by atoms with Crippen LogP contribution in [0.15, 0.2) is 18.2 Å². The van der Waals surface area contributed by atoms with Crippen LogP contribution in [-0.4, -0.2) is 12.6 Å². The smallest absolute Gasteiger partial charge is 0.310 e. The lowest BCUT2D eigenvalue weighted by atomic mass is 10.1. The largest absolute Gasteiger partial charge is 0.466 e. The van der Waals surface area contributed by atoms with E-state index in [-0.39, 0.29) is 5.97 Å². The van der Waals surface area contributed by atoms with Crippen LogP contribution < -0.4 is 0 Å². The molecule has 0 saturated carbocycles. The van der Waals surface area contributed by atoms with Gasteiger partial charge in [0.05, 0.1) is 13.0 Å². The summed E-state index contributed by atoms with van der Waals surface area (Å²) in [6.07, 6.45) is 1.31. The summed E-state index contributed by atoms with van der Waals surface area (Å²) in [5.74, 6) is -0.176. The van der Waals surface area contributed by atoms with Crippen molar-refractivity contribution in [2.24, 2.45) is 0 Å². The lowest BCUT2D eigenvalue weighted by molar-refractivity contribution is -0.142. The molecule has 2 nitrogen and oxygen atoms in total. The van der Waals surface area contributed by atoms with Crippen LogP contribution in [0.25, 0.3) is 0 Å². The van der Waals surface area contributed by atoms with E-state index < -0.39 is 0 Å². The van der Waals surface area contributed by atoms with E-state index in [1.54, 1.807) is 0 Å². The Balaban J connectivity index is 2.55. The first kappa shape index (κ1) is 10.8. The molecule has 1 radical (unpaired) electrons. The van der Waals surface area contributed by atoms with Crippen LogP contribution in [0.3, 0.4) is 0 Å². The highest BCUT2D eigenvalue weighted by atomic mass is 16.5. The molecule has 14 heavy (non-hydrogen) atoms. The van der Waals surface area contributed by atoms with Gasteiger partial charge in [0.2, 0.25) is 0 Å². The molecular formula is C12H15O2. The zero-order chi connectivity index (χ0) is 10.4. The van der Waals surface area contributed by atoms with Crippen LogP contribution in [-0.2, 0) is 22.4 Å². The Morgan fingerprint density at radius 3 is 2.71 bits per heavy atom. The Morgan fingerprint density at radius 2 is 2.21 bits per heavy atom. The van der Waals surface area contributed by atoms with Crippen molar-refractivity contribution in [2.75, 3.05) is 6.61 Å². The molecule has 1 aromatic carbocycles. The summed E-state index contributed by atoms with van der Waals surface area (Å²) in [6, 6.07) is 8.93. The van der Waals surface area contributed by atoms with Crippen LogP contribution in [0.1, 0.15) is 25.0 Å². The topological polar surface area (TPSA) is 26.3 Å². The summed E-state index contributed by atoms with van der Waals surface area (Å²) in [6.45, 7) is 4.33. The van der Waals surface area contributed by atoms with Crippen LogP contribution in [0.2, 0.25) is 0 Å². The molecule has 0 N–H and O–H groups in total. The maximum Gasteiger partial charge on any atom is 0.310 e. The predicted molar refractivity (Wildman–Crippen MR) is 55.0 cm³/mol. The predicted octanol–water partition coefficient (Wildman–Crippen LogP) is 2.15. The van der Waals surface area contributed by atoms with Crippen molar-refractivity contribution in [1.29, 1.82) is 0 Å². The van der Waals surface area contributed by atoms with Crippen LogP contribution in [0.5, 0.6) is 0 Å². The second kappa shape index (κ2) is 5.43. The summed E-state index contributed by atoms with van der Waals surface area (Å²) in [4.78, 5) is 11.1. The number of carbonyl (C=O) groups is 1. The third-order valence-electron chi connectivity index (χ3n) is 1.98. The van der Waals surface area contributed by atoms with E-state index in [1.807, 2.05) is 25.1 Å². The Bertz CT molecular complexity index is 288. The van der Waals surface area contributed by atoms with Gasteiger partial charge in [-0.15, -0.1) is 0 Å². The number of carbonyl (C=O) groups excluding carboxylic acids is 1. The standard InChI is InChI=1S/C12H15O2/c1-3-10-5-7-11(8-6-10)9-12(13)14-4-2/h5,7-8H,3-4,9H2,1-2H3. The summed E-state index contributed by atoms with van der Waals surface area (Å²) in [7, 11) is 0. The number of esters is 1. The van der Waals surface area contributed by atoms with Gasteiger partial charge in [0.1, 0.15) is 0 Å². The highest BCUT2D eigenvalue weighted by Gasteiger charge is 2.03. The van der Waals surface area contributed by atoms with Gasteiger partial charge in [0.25, 0.3) is 0 Å². The Hall–Kier alpha value is -1.31. The molecule has 1 aromatic rings. The molecule has 0 bridgehead atoms. The fraction of sp³-hybridized carbons (Fsp3) is 0.417. The summed E-state index contributed by atoms with van der Waals surface area (Å²) in [5.41, 5.74) is 2.12. The Labute approximate surface area is 84.9 Å². The van der Waals surface area contributed by atoms with Gasteiger partial charge in [-0.1, -0.05) is 25.1 Å². The Kier molecular flexibility index (Phi) is 4.17. The average Bonchev–Trinajstić information content (AvgIpc) is 2.19. The third kappa shape index (κ3) is 3.21. The molecule has 1 rings (SSSR count). The summed E-state index contributed by atoms with van der Waals surface area (Å²) >= 11 is 0. The molecule has 0 atom stereocenters. The molecule has 0 aliphatic rings. The summed E-state index contributed by atoms with van der Waals surface area (Å²) < 4.78 is 4.85. The van der Waals surface area contributed by atoms with Crippen LogP contribution in [0, 0.1) is 6.07 Å². The number of benzene rings is 1. The van der Waals surface area contributed by atoms with Gasteiger partial charge in [-0.3, -0.25) is 4.79 Å². The zero-order valence-corrected chi connectivity index (χ0v) is 8.67. The highest BCUT2D eigenvalue weighted by molar-refractivity contribution is 5.72. The van der Waals surface area contributed by atoms with Crippen molar-refractivity contribution in [1.82, 2.24) is 0 Å². The van der Waals surface area contributed by atoms with Crippen LogP contribution in [0.4, 0.5) is 0 Å².